The third kappa shape index (κ3) is 2.12. The maximum absolute atomic E-state index is 10.8. The van der Waals surface area contributed by atoms with Crippen LogP contribution in [0.3, 0.4) is 0 Å². The van der Waals surface area contributed by atoms with Gasteiger partial charge in [0.2, 0.25) is 0 Å². The van der Waals surface area contributed by atoms with E-state index in [1.54, 1.807) is 18.2 Å². The van der Waals surface area contributed by atoms with E-state index in [1.165, 1.54) is 0 Å². The van der Waals surface area contributed by atoms with Crippen LogP contribution in [0, 0.1) is 0 Å². The number of carbonyl (C=O) groups is 1. The molecule has 0 fully saturated rings. The van der Waals surface area contributed by atoms with Gasteiger partial charge < -0.3 is 10.2 Å². The lowest BCUT2D eigenvalue weighted by Gasteiger charge is -2.09. The number of hydrogen-bond acceptors (Lipinski definition) is 2. The molecule has 0 aliphatic heterocycles. The van der Waals surface area contributed by atoms with Crippen LogP contribution in [0.15, 0.2) is 18.2 Å². The Labute approximate surface area is 83.0 Å². The smallest absolute Gasteiger partial charge is 0.336 e. The molecular formula is C11H14O3. The first-order valence-electron chi connectivity index (χ1n) is 4.53. The molecule has 0 aliphatic carbocycles. The summed E-state index contributed by atoms with van der Waals surface area (Å²) in [6.07, 6.45) is 0. The fraction of sp³-hybridized carbons (Fsp3) is 0.364. The van der Waals surface area contributed by atoms with Gasteiger partial charge in [0.15, 0.2) is 0 Å². The zero-order valence-corrected chi connectivity index (χ0v) is 8.32. The normalized spacial score (nSPS) is 10.6. The fourth-order valence-corrected chi connectivity index (χ4v) is 1.31. The predicted molar refractivity (Wildman–Crippen MR) is 53.4 cm³/mol. The molecule has 0 amide bonds. The van der Waals surface area contributed by atoms with Crippen molar-refractivity contribution in [3.63, 3.8) is 0 Å². The van der Waals surface area contributed by atoms with Gasteiger partial charge >= 0.3 is 5.97 Å². The van der Waals surface area contributed by atoms with E-state index in [-0.39, 0.29) is 12.2 Å². The third-order valence-electron chi connectivity index (χ3n) is 2.20. The molecule has 0 saturated carbocycles. The Bertz CT molecular complexity index is 342. The first-order valence-corrected chi connectivity index (χ1v) is 4.53. The maximum atomic E-state index is 10.8. The van der Waals surface area contributed by atoms with E-state index < -0.39 is 5.97 Å². The van der Waals surface area contributed by atoms with Crippen molar-refractivity contribution in [2.24, 2.45) is 0 Å². The van der Waals surface area contributed by atoms with E-state index in [0.717, 1.165) is 5.56 Å². The highest BCUT2D eigenvalue weighted by molar-refractivity contribution is 5.89. The number of carboxylic acid groups (broad SMARTS) is 1. The van der Waals surface area contributed by atoms with Gasteiger partial charge in [0.05, 0.1) is 12.2 Å². The van der Waals surface area contributed by atoms with Crippen LogP contribution in [0.25, 0.3) is 0 Å². The number of carboxylic acids is 1. The van der Waals surface area contributed by atoms with Gasteiger partial charge in [-0.2, -0.15) is 0 Å². The highest BCUT2D eigenvalue weighted by Gasteiger charge is 2.10. The molecular weight excluding hydrogens is 180 g/mol. The Kier molecular flexibility index (Phi) is 3.25. The van der Waals surface area contributed by atoms with E-state index in [0.29, 0.717) is 11.5 Å². The lowest BCUT2D eigenvalue weighted by molar-refractivity contribution is 0.0693. The Morgan fingerprint density at radius 1 is 1.43 bits per heavy atom. The second-order valence-corrected chi connectivity index (χ2v) is 3.53. The Morgan fingerprint density at radius 2 is 2.07 bits per heavy atom. The van der Waals surface area contributed by atoms with Gasteiger partial charge in [0, 0.05) is 0 Å². The summed E-state index contributed by atoms with van der Waals surface area (Å²) in [5, 5.41) is 17.8. The Morgan fingerprint density at radius 3 is 2.50 bits per heavy atom. The summed E-state index contributed by atoms with van der Waals surface area (Å²) in [5.74, 6) is -0.660. The SMILES string of the molecule is CC(C)c1ccc(C(=O)O)c(CO)c1. The number of rotatable bonds is 3. The second-order valence-electron chi connectivity index (χ2n) is 3.53. The molecule has 3 heteroatoms. The van der Waals surface area contributed by atoms with E-state index >= 15 is 0 Å². The quantitative estimate of drug-likeness (QED) is 0.773. The van der Waals surface area contributed by atoms with Gasteiger partial charge in [-0.15, -0.1) is 0 Å². The minimum Gasteiger partial charge on any atom is -0.478 e. The molecule has 2 N–H and O–H groups in total. The monoisotopic (exact) mass is 194 g/mol. The molecule has 14 heavy (non-hydrogen) atoms. The van der Waals surface area contributed by atoms with Gasteiger partial charge in [0.1, 0.15) is 0 Å². The van der Waals surface area contributed by atoms with Gasteiger partial charge in [-0.05, 0) is 23.1 Å². The fourth-order valence-electron chi connectivity index (χ4n) is 1.31. The third-order valence-corrected chi connectivity index (χ3v) is 2.20. The highest BCUT2D eigenvalue weighted by atomic mass is 16.4. The summed E-state index contributed by atoms with van der Waals surface area (Å²) < 4.78 is 0. The van der Waals surface area contributed by atoms with Crippen LogP contribution in [-0.2, 0) is 6.61 Å². The Hall–Kier alpha value is -1.35. The molecule has 0 aromatic heterocycles. The lowest BCUT2D eigenvalue weighted by Crippen LogP contribution is -2.03. The minimum absolute atomic E-state index is 0.178. The van der Waals surface area contributed by atoms with Crippen LogP contribution in [0.5, 0.6) is 0 Å². The summed E-state index contributed by atoms with van der Waals surface area (Å²) in [4.78, 5) is 10.8. The van der Waals surface area contributed by atoms with Crippen molar-refractivity contribution in [3.05, 3.63) is 34.9 Å². The first-order chi connectivity index (χ1) is 6.56. The van der Waals surface area contributed by atoms with Crippen molar-refractivity contribution in [2.45, 2.75) is 26.4 Å². The molecule has 0 atom stereocenters. The van der Waals surface area contributed by atoms with Gasteiger partial charge in [-0.25, -0.2) is 4.79 Å². The first kappa shape index (κ1) is 10.7. The van der Waals surface area contributed by atoms with Crippen LogP contribution >= 0.6 is 0 Å². The minimum atomic E-state index is -0.996. The standard InChI is InChI=1S/C11H14O3/c1-7(2)8-3-4-10(11(13)14)9(5-8)6-12/h3-5,7,12H,6H2,1-2H3,(H,13,14). The second kappa shape index (κ2) is 4.24. The lowest BCUT2D eigenvalue weighted by atomic mass is 9.97. The average molecular weight is 194 g/mol. The molecule has 3 nitrogen and oxygen atoms in total. The topological polar surface area (TPSA) is 57.5 Å². The van der Waals surface area contributed by atoms with Crippen LogP contribution in [0.2, 0.25) is 0 Å². The molecule has 0 aliphatic rings. The van der Waals surface area contributed by atoms with Crippen molar-refractivity contribution in [3.8, 4) is 0 Å². The number of aliphatic hydroxyl groups excluding tert-OH is 1. The van der Waals surface area contributed by atoms with Crippen molar-refractivity contribution in [1.82, 2.24) is 0 Å². The molecule has 1 aromatic rings. The Balaban J connectivity index is 3.18. The summed E-state index contributed by atoms with van der Waals surface area (Å²) in [6.45, 7) is 3.82. The van der Waals surface area contributed by atoms with Gasteiger partial charge in [-0.1, -0.05) is 26.0 Å². The zero-order valence-electron chi connectivity index (χ0n) is 8.32. The van der Waals surface area contributed by atoms with E-state index in [9.17, 15) is 4.79 Å². The number of aromatic carboxylic acids is 1. The summed E-state index contributed by atoms with van der Waals surface area (Å²) >= 11 is 0. The van der Waals surface area contributed by atoms with Crippen LogP contribution < -0.4 is 0 Å². The molecule has 0 spiro atoms. The van der Waals surface area contributed by atoms with Crippen molar-refractivity contribution >= 4 is 5.97 Å². The summed E-state index contributed by atoms with van der Waals surface area (Å²) in [7, 11) is 0. The zero-order chi connectivity index (χ0) is 10.7. The summed E-state index contributed by atoms with van der Waals surface area (Å²) in [6, 6.07) is 5.07. The predicted octanol–water partition coefficient (Wildman–Crippen LogP) is 2.00. The van der Waals surface area contributed by atoms with Crippen molar-refractivity contribution < 1.29 is 15.0 Å². The van der Waals surface area contributed by atoms with E-state index in [4.69, 9.17) is 10.2 Å². The van der Waals surface area contributed by atoms with Crippen molar-refractivity contribution in [1.29, 1.82) is 0 Å². The molecule has 0 heterocycles. The molecule has 1 aromatic carbocycles. The molecule has 0 radical (unpaired) electrons. The number of aliphatic hydroxyl groups is 1. The van der Waals surface area contributed by atoms with Gasteiger partial charge in [0.25, 0.3) is 0 Å². The summed E-state index contributed by atoms with van der Waals surface area (Å²) in [5.41, 5.74) is 1.69. The van der Waals surface area contributed by atoms with Crippen LogP contribution in [0.4, 0.5) is 0 Å². The number of hydrogen-bond donors (Lipinski definition) is 2. The molecule has 1 rings (SSSR count). The van der Waals surface area contributed by atoms with Crippen LogP contribution in [0.1, 0.15) is 41.3 Å². The maximum Gasteiger partial charge on any atom is 0.336 e. The number of benzene rings is 1. The van der Waals surface area contributed by atoms with Gasteiger partial charge in [-0.3, -0.25) is 0 Å². The van der Waals surface area contributed by atoms with E-state index in [2.05, 4.69) is 0 Å². The van der Waals surface area contributed by atoms with Crippen LogP contribution in [-0.4, -0.2) is 16.2 Å². The molecule has 76 valence electrons. The molecule has 0 saturated heterocycles. The molecule has 0 bridgehead atoms. The molecule has 0 unspecified atom stereocenters. The average Bonchev–Trinajstić information content (AvgIpc) is 2.16. The van der Waals surface area contributed by atoms with E-state index in [1.807, 2.05) is 13.8 Å². The largest absolute Gasteiger partial charge is 0.478 e. The van der Waals surface area contributed by atoms with Crippen molar-refractivity contribution in [2.75, 3.05) is 0 Å². The highest BCUT2D eigenvalue weighted by Crippen LogP contribution is 2.19.